The molecule has 2 saturated heterocycles. The summed E-state index contributed by atoms with van der Waals surface area (Å²) in [4.78, 5) is 30.4. The van der Waals surface area contributed by atoms with E-state index in [9.17, 15) is 23.1 Å². The molecule has 262 valence electrons. The number of nitrogens with zero attached hydrogens (tertiary/aromatic N) is 2. The molecule has 2 aromatic carbocycles. The molecule has 12 nitrogen and oxygen atoms in total. The lowest BCUT2D eigenvalue weighted by Crippen LogP contribution is -2.51. The Morgan fingerprint density at radius 2 is 1.92 bits per heavy atom. The fraction of sp³-hybridized carbons (Fsp3) is 0.571. The van der Waals surface area contributed by atoms with Gasteiger partial charge in [0.15, 0.2) is 6.29 Å². The second-order valence-corrected chi connectivity index (χ2v) is 16.4. The summed E-state index contributed by atoms with van der Waals surface area (Å²) in [5, 5.41) is 17.2. The standard InChI is InChI=1S/C35H48N4O8S/c1-22(2)18-39(48(43,44)24-11-12-28-26(16-24)27(32(41)37-28)17-36-21-35(3,4)5)19-30(40)29(15-23-9-7-6-8-10-23)38-34(42)47-31-20-46-33-25(31)13-14-45-33/h6-12,16-17,22,25,27,29-31,33,40H,13-15,18-21H2,1-5H3,(H,37,41)(H,38,42). The van der Waals surface area contributed by atoms with Gasteiger partial charge in [-0.25, -0.2) is 13.2 Å². The second-order valence-electron chi connectivity index (χ2n) is 14.5. The zero-order valence-electron chi connectivity index (χ0n) is 28.3. The molecule has 3 aliphatic rings. The predicted molar refractivity (Wildman–Crippen MR) is 181 cm³/mol. The van der Waals surface area contributed by atoms with E-state index in [4.69, 9.17) is 14.2 Å². The van der Waals surface area contributed by atoms with E-state index in [2.05, 4.69) is 15.6 Å². The monoisotopic (exact) mass is 684 g/mol. The van der Waals surface area contributed by atoms with Gasteiger partial charge >= 0.3 is 6.09 Å². The number of alkyl carbamates (subject to hydrolysis) is 1. The average Bonchev–Trinajstić information content (AvgIpc) is 3.72. The fourth-order valence-electron chi connectivity index (χ4n) is 6.19. The molecule has 0 aliphatic carbocycles. The van der Waals surface area contributed by atoms with Gasteiger partial charge in [-0.3, -0.25) is 9.79 Å². The van der Waals surface area contributed by atoms with Crippen LogP contribution in [0.25, 0.3) is 0 Å². The lowest BCUT2D eigenvalue weighted by molar-refractivity contribution is -0.115. The van der Waals surface area contributed by atoms with E-state index in [1.165, 1.54) is 16.4 Å². The summed E-state index contributed by atoms with van der Waals surface area (Å²) in [6, 6.07) is 13.0. The maximum absolute atomic E-state index is 14.2. The van der Waals surface area contributed by atoms with E-state index >= 15 is 0 Å². The number of aliphatic imine (C=N–C) groups is 1. The molecule has 6 atom stereocenters. The molecular formula is C35H48N4O8S. The van der Waals surface area contributed by atoms with E-state index in [-0.39, 0.29) is 60.5 Å². The highest BCUT2D eigenvalue weighted by Crippen LogP contribution is 2.35. The van der Waals surface area contributed by atoms with Crippen LogP contribution >= 0.6 is 0 Å². The zero-order chi connectivity index (χ0) is 34.6. The summed E-state index contributed by atoms with van der Waals surface area (Å²) < 4.78 is 46.5. The lowest BCUT2D eigenvalue weighted by atomic mass is 9.97. The van der Waals surface area contributed by atoms with Gasteiger partial charge in [0.25, 0.3) is 0 Å². The summed E-state index contributed by atoms with van der Waals surface area (Å²) in [5.41, 5.74) is 1.85. The maximum Gasteiger partial charge on any atom is 0.407 e. The molecule has 5 rings (SSSR count). The van der Waals surface area contributed by atoms with Crippen molar-refractivity contribution < 1.29 is 37.3 Å². The molecule has 6 unspecified atom stereocenters. The highest BCUT2D eigenvalue weighted by molar-refractivity contribution is 7.89. The van der Waals surface area contributed by atoms with Crippen LogP contribution in [0.15, 0.2) is 58.4 Å². The zero-order valence-corrected chi connectivity index (χ0v) is 29.1. The molecule has 0 aromatic heterocycles. The third-order valence-corrected chi connectivity index (χ3v) is 10.5. The Morgan fingerprint density at radius 1 is 1.17 bits per heavy atom. The predicted octanol–water partition coefficient (Wildman–Crippen LogP) is 3.95. The Bertz CT molecular complexity index is 1580. The number of sulfonamides is 1. The molecular weight excluding hydrogens is 636 g/mol. The molecule has 3 N–H and O–H groups in total. The number of nitrogens with one attached hydrogen (secondary N) is 2. The smallest absolute Gasteiger partial charge is 0.407 e. The second kappa shape index (κ2) is 15.0. The highest BCUT2D eigenvalue weighted by atomic mass is 32.2. The average molecular weight is 685 g/mol. The van der Waals surface area contributed by atoms with Gasteiger partial charge in [0.2, 0.25) is 15.9 Å². The van der Waals surface area contributed by atoms with Crippen molar-refractivity contribution in [3.63, 3.8) is 0 Å². The van der Waals surface area contributed by atoms with Crippen LogP contribution in [0.5, 0.6) is 0 Å². The molecule has 13 heteroatoms. The number of aliphatic hydroxyl groups is 1. The lowest BCUT2D eigenvalue weighted by Gasteiger charge is -2.31. The number of hydrogen-bond donors (Lipinski definition) is 3. The summed E-state index contributed by atoms with van der Waals surface area (Å²) in [6.07, 6.45) is -0.332. The van der Waals surface area contributed by atoms with Crippen molar-refractivity contribution in [2.75, 3.05) is 38.2 Å². The van der Waals surface area contributed by atoms with Crippen molar-refractivity contribution in [2.45, 2.75) is 82.8 Å². The van der Waals surface area contributed by atoms with Gasteiger partial charge in [0, 0.05) is 31.5 Å². The van der Waals surface area contributed by atoms with Crippen molar-refractivity contribution in [3.8, 4) is 0 Å². The summed E-state index contributed by atoms with van der Waals surface area (Å²) in [7, 11) is -4.15. The fourth-order valence-corrected chi connectivity index (χ4v) is 7.85. The van der Waals surface area contributed by atoms with Gasteiger partial charge < -0.3 is 30.0 Å². The summed E-state index contributed by atoms with van der Waals surface area (Å²) in [6.45, 7) is 11.0. The Balaban J connectivity index is 1.36. The molecule has 0 bridgehead atoms. The van der Waals surface area contributed by atoms with Crippen molar-refractivity contribution in [3.05, 3.63) is 59.7 Å². The summed E-state index contributed by atoms with van der Waals surface area (Å²) in [5.74, 6) is -1.12. The summed E-state index contributed by atoms with van der Waals surface area (Å²) >= 11 is 0. The molecule has 2 aromatic rings. The van der Waals surface area contributed by atoms with Crippen LogP contribution in [0.4, 0.5) is 10.5 Å². The van der Waals surface area contributed by atoms with Crippen LogP contribution in [0, 0.1) is 17.3 Å². The Kier molecular flexibility index (Phi) is 11.3. The van der Waals surface area contributed by atoms with Crippen LogP contribution in [0.2, 0.25) is 0 Å². The number of benzene rings is 2. The van der Waals surface area contributed by atoms with Gasteiger partial charge in [-0.2, -0.15) is 4.31 Å². The number of rotatable bonds is 13. The normalized spacial score (nSPS) is 23.7. The van der Waals surface area contributed by atoms with E-state index in [0.717, 1.165) is 12.0 Å². The third-order valence-electron chi connectivity index (χ3n) is 8.63. The first-order valence-corrected chi connectivity index (χ1v) is 18.0. The van der Waals surface area contributed by atoms with Crippen molar-refractivity contribution >= 4 is 33.9 Å². The van der Waals surface area contributed by atoms with Crippen LogP contribution in [0.1, 0.15) is 58.1 Å². The SMILES string of the molecule is CC(C)CN(CC(O)C(Cc1ccccc1)NC(=O)OC1COC2OCCC12)S(=O)(=O)c1ccc2c(c1)C(C=NCC(C)(C)C)C(=O)N2. The van der Waals surface area contributed by atoms with Crippen molar-refractivity contribution in [1.29, 1.82) is 0 Å². The van der Waals surface area contributed by atoms with E-state index in [1.807, 2.05) is 65.0 Å². The number of fused-ring (bicyclic) bond motifs is 2. The number of amides is 2. The molecule has 2 amide bonds. The first-order valence-electron chi connectivity index (χ1n) is 16.6. The molecule has 2 fully saturated rings. The number of carbonyl (C=O) groups excluding carboxylic acids is 2. The highest BCUT2D eigenvalue weighted by Gasteiger charge is 2.44. The van der Waals surface area contributed by atoms with Crippen LogP contribution in [-0.4, -0.2) is 93.4 Å². The molecule has 3 aliphatic heterocycles. The Morgan fingerprint density at radius 3 is 2.62 bits per heavy atom. The van der Waals surface area contributed by atoms with Gasteiger partial charge in [0.1, 0.15) is 12.0 Å². The Hall–Kier alpha value is -3.36. The Labute approximate surface area is 283 Å². The quantitative estimate of drug-likeness (QED) is 0.268. The van der Waals surface area contributed by atoms with Crippen LogP contribution in [-0.2, 0) is 35.4 Å². The van der Waals surface area contributed by atoms with Crippen LogP contribution < -0.4 is 10.6 Å². The number of ether oxygens (including phenoxy) is 3. The van der Waals surface area contributed by atoms with E-state index < -0.39 is 40.3 Å². The molecule has 0 radical (unpaired) electrons. The molecule has 3 heterocycles. The maximum atomic E-state index is 14.2. The van der Waals surface area contributed by atoms with E-state index in [1.54, 1.807) is 12.3 Å². The van der Waals surface area contributed by atoms with Gasteiger partial charge in [-0.05, 0) is 53.5 Å². The van der Waals surface area contributed by atoms with Gasteiger partial charge in [-0.1, -0.05) is 65.0 Å². The first-order chi connectivity index (χ1) is 22.7. The minimum absolute atomic E-state index is 0.00127. The molecule has 0 saturated carbocycles. The largest absolute Gasteiger partial charge is 0.443 e. The van der Waals surface area contributed by atoms with Crippen LogP contribution in [0.3, 0.4) is 0 Å². The van der Waals surface area contributed by atoms with Crippen molar-refractivity contribution in [2.24, 2.45) is 22.2 Å². The minimum Gasteiger partial charge on any atom is -0.443 e. The minimum atomic E-state index is -4.15. The number of aliphatic hydroxyl groups excluding tert-OH is 1. The molecule has 0 spiro atoms. The first kappa shape index (κ1) is 35.9. The number of hydrogen-bond acceptors (Lipinski definition) is 9. The third kappa shape index (κ3) is 8.80. The van der Waals surface area contributed by atoms with E-state index in [0.29, 0.717) is 24.4 Å². The van der Waals surface area contributed by atoms with Gasteiger partial charge in [-0.15, -0.1) is 0 Å². The van der Waals surface area contributed by atoms with Gasteiger partial charge in [0.05, 0.1) is 36.2 Å². The number of anilines is 1. The number of carbonyl (C=O) groups is 2. The topological polar surface area (TPSA) is 156 Å². The van der Waals surface area contributed by atoms with Crippen molar-refractivity contribution in [1.82, 2.24) is 9.62 Å². The molecule has 48 heavy (non-hydrogen) atoms.